The Balaban J connectivity index is 1.90. The number of halogens is 1. The fourth-order valence-electron chi connectivity index (χ4n) is 2.91. The Morgan fingerprint density at radius 2 is 2.29 bits per heavy atom. The summed E-state index contributed by atoms with van der Waals surface area (Å²) < 4.78 is 11.9. The van der Waals surface area contributed by atoms with Crippen LogP contribution in [0.2, 0.25) is 0 Å². The van der Waals surface area contributed by atoms with E-state index in [0.29, 0.717) is 18.9 Å². The molecule has 1 saturated heterocycles. The number of hydrogen-bond donors (Lipinski definition) is 1. The van der Waals surface area contributed by atoms with Gasteiger partial charge >= 0.3 is 0 Å². The molecule has 3 rings (SSSR count). The number of carbonyl (C=O) groups excluding carboxylic acids is 1. The topological polar surface area (TPSA) is 47.6 Å². The molecule has 2 atom stereocenters. The van der Waals surface area contributed by atoms with E-state index in [1.54, 1.807) is 0 Å². The third kappa shape index (κ3) is 1.88. The standard InChI is InChI=1S/C12H16ClNO3/c13-6-8-7-16-12(17-8)5-1-2-10-9(12)3-4-11(15)14-10/h8H,1-7H2,(H,14,15). The quantitative estimate of drug-likeness (QED) is 0.727. The number of fused-ring (bicyclic) bond motifs is 1. The van der Waals surface area contributed by atoms with Gasteiger partial charge in [-0.3, -0.25) is 4.79 Å². The molecular weight excluding hydrogens is 242 g/mol. The second kappa shape index (κ2) is 4.26. The number of amides is 1. The highest BCUT2D eigenvalue weighted by molar-refractivity contribution is 6.18. The number of nitrogens with one attached hydrogen (secondary N) is 1. The lowest BCUT2D eigenvalue weighted by atomic mass is 9.85. The summed E-state index contributed by atoms with van der Waals surface area (Å²) in [6.45, 7) is 0.550. The van der Waals surface area contributed by atoms with Gasteiger partial charge in [-0.2, -0.15) is 0 Å². The SMILES string of the molecule is O=C1CCC2=C(CCCC23OCC(CCl)O3)N1. The Labute approximate surface area is 105 Å². The molecule has 0 saturated carbocycles. The molecule has 2 aliphatic heterocycles. The monoisotopic (exact) mass is 257 g/mol. The van der Waals surface area contributed by atoms with E-state index in [1.165, 1.54) is 0 Å². The summed E-state index contributed by atoms with van der Waals surface area (Å²) in [5, 5.41) is 2.95. The smallest absolute Gasteiger partial charge is 0.224 e. The molecule has 1 aliphatic carbocycles. The molecule has 0 aromatic rings. The third-order valence-electron chi connectivity index (χ3n) is 3.68. The Bertz CT molecular complexity index is 382. The Morgan fingerprint density at radius 1 is 1.41 bits per heavy atom. The normalized spacial score (nSPS) is 37.2. The Morgan fingerprint density at radius 3 is 3.06 bits per heavy atom. The van der Waals surface area contributed by atoms with Crippen molar-refractivity contribution in [2.45, 2.75) is 44.0 Å². The lowest BCUT2D eigenvalue weighted by Crippen LogP contribution is -2.43. The van der Waals surface area contributed by atoms with Gasteiger partial charge < -0.3 is 14.8 Å². The van der Waals surface area contributed by atoms with Crippen LogP contribution in [0.1, 0.15) is 32.1 Å². The lowest BCUT2D eigenvalue weighted by molar-refractivity contribution is -0.150. The van der Waals surface area contributed by atoms with E-state index >= 15 is 0 Å². The Hall–Kier alpha value is -0.580. The third-order valence-corrected chi connectivity index (χ3v) is 4.02. The van der Waals surface area contributed by atoms with Crippen LogP contribution in [0.5, 0.6) is 0 Å². The van der Waals surface area contributed by atoms with Crippen molar-refractivity contribution >= 4 is 17.5 Å². The van der Waals surface area contributed by atoms with Gasteiger partial charge in [0.2, 0.25) is 5.91 Å². The molecule has 1 spiro atoms. The van der Waals surface area contributed by atoms with Gasteiger partial charge in [0.1, 0.15) is 0 Å². The maximum Gasteiger partial charge on any atom is 0.224 e. The highest BCUT2D eigenvalue weighted by Crippen LogP contribution is 2.44. The van der Waals surface area contributed by atoms with Crippen molar-refractivity contribution in [3.8, 4) is 0 Å². The van der Waals surface area contributed by atoms with Crippen LogP contribution in [-0.4, -0.2) is 30.3 Å². The molecule has 94 valence electrons. The summed E-state index contributed by atoms with van der Waals surface area (Å²) in [6, 6.07) is 0. The van der Waals surface area contributed by atoms with Crippen LogP contribution in [0.3, 0.4) is 0 Å². The molecule has 0 bridgehead atoms. The molecule has 0 radical (unpaired) electrons. The van der Waals surface area contributed by atoms with Crippen molar-refractivity contribution < 1.29 is 14.3 Å². The molecule has 0 aromatic heterocycles. The minimum atomic E-state index is -0.596. The van der Waals surface area contributed by atoms with Crippen LogP contribution >= 0.6 is 11.6 Å². The van der Waals surface area contributed by atoms with Crippen molar-refractivity contribution in [3.05, 3.63) is 11.3 Å². The van der Waals surface area contributed by atoms with Crippen molar-refractivity contribution in [1.82, 2.24) is 5.32 Å². The van der Waals surface area contributed by atoms with Crippen molar-refractivity contribution in [2.24, 2.45) is 0 Å². The highest BCUT2D eigenvalue weighted by atomic mass is 35.5. The summed E-state index contributed by atoms with van der Waals surface area (Å²) in [4.78, 5) is 11.4. The zero-order valence-electron chi connectivity index (χ0n) is 9.63. The predicted molar refractivity (Wildman–Crippen MR) is 62.5 cm³/mol. The number of hydrogen-bond acceptors (Lipinski definition) is 3. The number of ether oxygens (including phenoxy) is 2. The fraction of sp³-hybridized carbons (Fsp3) is 0.750. The first-order valence-electron chi connectivity index (χ1n) is 6.13. The first-order valence-corrected chi connectivity index (χ1v) is 6.67. The molecule has 4 nitrogen and oxygen atoms in total. The zero-order chi connectivity index (χ0) is 11.9. The van der Waals surface area contributed by atoms with Gasteiger partial charge in [-0.1, -0.05) is 0 Å². The fourth-order valence-corrected chi connectivity index (χ4v) is 3.06. The molecule has 1 fully saturated rings. The summed E-state index contributed by atoms with van der Waals surface area (Å²) in [5.41, 5.74) is 2.15. The molecule has 1 N–H and O–H groups in total. The summed E-state index contributed by atoms with van der Waals surface area (Å²) in [7, 11) is 0. The summed E-state index contributed by atoms with van der Waals surface area (Å²) >= 11 is 5.82. The van der Waals surface area contributed by atoms with Crippen molar-refractivity contribution in [1.29, 1.82) is 0 Å². The Kier molecular flexibility index (Phi) is 2.89. The van der Waals surface area contributed by atoms with Gasteiger partial charge in [-0.05, 0) is 19.3 Å². The first kappa shape index (κ1) is 11.5. The number of allylic oxidation sites excluding steroid dienone is 1. The second-order valence-corrected chi connectivity index (χ2v) is 5.13. The maximum absolute atomic E-state index is 11.4. The zero-order valence-corrected chi connectivity index (χ0v) is 10.4. The molecule has 2 heterocycles. The van der Waals surface area contributed by atoms with E-state index in [9.17, 15) is 4.79 Å². The minimum Gasteiger partial charge on any atom is -0.343 e. The second-order valence-electron chi connectivity index (χ2n) is 4.82. The van der Waals surface area contributed by atoms with E-state index < -0.39 is 5.79 Å². The van der Waals surface area contributed by atoms with Crippen LogP contribution in [0, 0.1) is 0 Å². The van der Waals surface area contributed by atoms with E-state index in [4.69, 9.17) is 21.1 Å². The number of alkyl halides is 1. The maximum atomic E-state index is 11.4. The van der Waals surface area contributed by atoms with Crippen LogP contribution in [0.4, 0.5) is 0 Å². The number of carbonyl (C=O) groups is 1. The summed E-state index contributed by atoms with van der Waals surface area (Å²) in [6.07, 6.45) is 4.01. The average Bonchev–Trinajstić information content (AvgIpc) is 2.73. The first-order chi connectivity index (χ1) is 8.23. The van der Waals surface area contributed by atoms with Gasteiger partial charge in [0.25, 0.3) is 0 Å². The molecule has 0 aromatic carbocycles. The number of rotatable bonds is 1. The van der Waals surface area contributed by atoms with Crippen LogP contribution < -0.4 is 5.32 Å². The van der Waals surface area contributed by atoms with Gasteiger partial charge in [0, 0.05) is 24.1 Å². The largest absolute Gasteiger partial charge is 0.343 e. The molecule has 17 heavy (non-hydrogen) atoms. The van der Waals surface area contributed by atoms with E-state index in [-0.39, 0.29) is 12.0 Å². The van der Waals surface area contributed by atoms with Crippen LogP contribution in [0.25, 0.3) is 0 Å². The molecule has 5 heteroatoms. The van der Waals surface area contributed by atoms with Gasteiger partial charge in [-0.25, -0.2) is 0 Å². The lowest BCUT2D eigenvalue weighted by Gasteiger charge is -2.38. The van der Waals surface area contributed by atoms with Gasteiger partial charge in [0.15, 0.2) is 5.79 Å². The molecule has 2 unspecified atom stereocenters. The molecular formula is C12H16ClNO3. The van der Waals surface area contributed by atoms with Crippen molar-refractivity contribution in [2.75, 3.05) is 12.5 Å². The summed E-state index contributed by atoms with van der Waals surface area (Å²) in [5.74, 6) is -0.0370. The highest BCUT2D eigenvalue weighted by Gasteiger charge is 2.48. The molecule has 1 amide bonds. The van der Waals surface area contributed by atoms with E-state index in [2.05, 4.69) is 5.32 Å². The predicted octanol–water partition coefficient (Wildman–Crippen LogP) is 1.68. The van der Waals surface area contributed by atoms with Crippen LogP contribution in [0.15, 0.2) is 11.3 Å². The van der Waals surface area contributed by atoms with Crippen molar-refractivity contribution in [3.63, 3.8) is 0 Å². The van der Waals surface area contributed by atoms with E-state index in [0.717, 1.165) is 37.0 Å². The van der Waals surface area contributed by atoms with E-state index in [1.807, 2.05) is 0 Å². The molecule has 3 aliphatic rings. The van der Waals surface area contributed by atoms with Gasteiger partial charge in [-0.15, -0.1) is 11.6 Å². The average molecular weight is 258 g/mol. The minimum absolute atomic E-state index is 0.0267. The van der Waals surface area contributed by atoms with Crippen LogP contribution in [-0.2, 0) is 14.3 Å². The van der Waals surface area contributed by atoms with Gasteiger partial charge in [0.05, 0.1) is 18.6 Å².